The number of primary amides is 1. The van der Waals surface area contributed by atoms with E-state index in [0.717, 1.165) is 17.0 Å². The lowest BCUT2D eigenvalue weighted by molar-refractivity contribution is -0.133. The van der Waals surface area contributed by atoms with Gasteiger partial charge in [0.1, 0.15) is 28.9 Å². The van der Waals surface area contributed by atoms with Gasteiger partial charge in [-0.05, 0) is 70.5 Å². The summed E-state index contributed by atoms with van der Waals surface area (Å²) in [6.45, 7) is 7.42. The number of aryl methyl sites for hydroxylation is 1. The zero-order valence-corrected chi connectivity index (χ0v) is 27.1. The Morgan fingerprint density at radius 2 is 1.11 bits per heavy atom. The number of carbonyl (C=O) groups excluding carboxylic acids is 8. The maximum Gasteiger partial charge on any atom is 0.231 e. The first-order valence-electron chi connectivity index (χ1n) is 13.6. The number of ether oxygens (including phenoxy) is 1. The minimum absolute atomic E-state index is 0.0208. The van der Waals surface area contributed by atoms with Crippen molar-refractivity contribution in [2.75, 3.05) is 31.8 Å². The summed E-state index contributed by atoms with van der Waals surface area (Å²) in [5.74, 6) is -1.09. The van der Waals surface area contributed by atoms with E-state index in [0.29, 0.717) is 5.69 Å². The van der Waals surface area contributed by atoms with E-state index in [9.17, 15) is 38.4 Å². The van der Waals surface area contributed by atoms with E-state index >= 15 is 0 Å². The van der Waals surface area contributed by atoms with Crippen LogP contribution in [0.25, 0.3) is 0 Å². The molecule has 13 nitrogen and oxygen atoms in total. The zero-order chi connectivity index (χ0) is 35.1. The largest absolute Gasteiger partial charge is 0.497 e. The molecule has 0 unspecified atom stereocenters. The lowest BCUT2D eigenvalue weighted by Gasteiger charge is -2.06. The minimum atomic E-state index is -0.562. The lowest BCUT2D eigenvalue weighted by atomic mass is 10.2. The lowest BCUT2D eigenvalue weighted by Crippen LogP contribution is -2.23. The van der Waals surface area contributed by atoms with Crippen LogP contribution >= 0.6 is 0 Å². The van der Waals surface area contributed by atoms with E-state index in [4.69, 9.17) is 4.74 Å². The molecule has 0 spiro atoms. The molecule has 4 N–H and O–H groups in total. The van der Waals surface area contributed by atoms with Gasteiger partial charge in [-0.1, -0.05) is 18.2 Å². The standard InChI is InChI=1S/C11H13NO3.C11H13NO2.C6H11NO2.C4H7NO2/c1-8(13)7-11(14)12-9-3-5-10(15-2)6-4-9;1-8-5-3-4-6-10(8)12-11(14)7-9(2)13;1-5(8)4-6(9)7(2)3;1-3(6)2-4(5)7/h3-6H,7H2,1-2H3,(H,12,14);3-6H,7H2,1-2H3,(H,12,14);4H2,1-3H3;2H2,1H3,(H2,5,7). The molecule has 2 rings (SSSR count). The molecule has 13 heteroatoms. The van der Waals surface area contributed by atoms with Crippen molar-refractivity contribution in [1.29, 1.82) is 0 Å². The number of nitrogens with zero attached hydrogens (tertiary/aromatic N) is 1. The number of rotatable bonds is 11. The summed E-state index contributed by atoms with van der Waals surface area (Å²) < 4.78 is 4.97. The Morgan fingerprint density at radius 1 is 0.667 bits per heavy atom. The van der Waals surface area contributed by atoms with E-state index in [1.165, 1.54) is 32.6 Å². The summed E-state index contributed by atoms with van der Waals surface area (Å²) in [6, 6.07) is 14.4. The highest BCUT2D eigenvalue weighted by Gasteiger charge is 2.07. The number of anilines is 2. The molecular weight excluding hydrogens is 584 g/mol. The molecule has 2 aromatic carbocycles. The maximum atomic E-state index is 11.2. The quantitative estimate of drug-likeness (QED) is 0.313. The highest BCUT2D eigenvalue weighted by Crippen LogP contribution is 2.15. The molecule has 0 saturated heterocycles. The van der Waals surface area contributed by atoms with E-state index in [-0.39, 0.29) is 66.5 Å². The Labute approximate surface area is 263 Å². The number of Topliss-reactive ketones (excluding diaryl/α,β-unsaturated/α-hetero) is 4. The van der Waals surface area contributed by atoms with Crippen LogP contribution in [0.5, 0.6) is 5.75 Å². The van der Waals surface area contributed by atoms with Crippen molar-refractivity contribution in [2.24, 2.45) is 5.73 Å². The SMILES string of the molecule is CC(=O)CC(=O)N(C)C.CC(=O)CC(=O)Nc1ccccc1C.CC(=O)CC(N)=O.COc1ccc(NC(=O)CC(C)=O)cc1. The number of nitrogens with one attached hydrogen (secondary N) is 2. The number of hydrogen-bond acceptors (Lipinski definition) is 9. The van der Waals surface area contributed by atoms with Gasteiger partial charge in [-0.25, -0.2) is 0 Å². The van der Waals surface area contributed by atoms with Crippen LogP contribution in [0.1, 0.15) is 58.9 Å². The van der Waals surface area contributed by atoms with Gasteiger partial charge in [0.25, 0.3) is 0 Å². The predicted molar refractivity (Wildman–Crippen MR) is 171 cm³/mol. The monoisotopic (exact) mass is 628 g/mol. The van der Waals surface area contributed by atoms with Crippen LogP contribution in [0.3, 0.4) is 0 Å². The van der Waals surface area contributed by atoms with Gasteiger partial charge < -0.3 is 26.0 Å². The summed E-state index contributed by atoms with van der Waals surface area (Å²) in [5, 5.41) is 5.29. The second-order valence-corrected chi connectivity index (χ2v) is 9.91. The molecule has 0 saturated carbocycles. The van der Waals surface area contributed by atoms with Crippen LogP contribution in [0.15, 0.2) is 48.5 Å². The van der Waals surface area contributed by atoms with Gasteiger partial charge in [0.05, 0.1) is 32.8 Å². The number of ketones is 4. The van der Waals surface area contributed by atoms with Gasteiger partial charge in [0, 0.05) is 25.5 Å². The third-order valence-corrected chi connectivity index (χ3v) is 4.93. The number of benzene rings is 2. The number of amides is 4. The number of nitrogens with two attached hydrogens (primary N) is 1. The molecule has 0 bridgehead atoms. The van der Waals surface area contributed by atoms with Crippen molar-refractivity contribution in [3.05, 3.63) is 54.1 Å². The molecule has 0 atom stereocenters. The minimum Gasteiger partial charge on any atom is -0.497 e. The van der Waals surface area contributed by atoms with Gasteiger partial charge in [0.15, 0.2) is 0 Å². The van der Waals surface area contributed by atoms with Crippen molar-refractivity contribution in [2.45, 2.75) is 60.3 Å². The Bertz CT molecular complexity index is 1310. The van der Waals surface area contributed by atoms with Crippen LogP contribution in [-0.2, 0) is 38.4 Å². The summed E-state index contributed by atoms with van der Waals surface area (Å²) in [6.07, 6.45) is -0.270. The van der Waals surface area contributed by atoms with E-state index in [1.54, 1.807) is 45.5 Å². The van der Waals surface area contributed by atoms with Crippen LogP contribution in [0.2, 0.25) is 0 Å². The average Bonchev–Trinajstić information content (AvgIpc) is 2.89. The smallest absolute Gasteiger partial charge is 0.231 e. The van der Waals surface area contributed by atoms with Crippen molar-refractivity contribution < 1.29 is 43.1 Å². The third kappa shape index (κ3) is 25.0. The Kier molecular flexibility index (Phi) is 21.7. The van der Waals surface area contributed by atoms with Crippen molar-refractivity contribution in [1.82, 2.24) is 4.90 Å². The van der Waals surface area contributed by atoms with Gasteiger partial charge in [-0.2, -0.15) is 0 Å². The number of hydrogen-bond donors (Lipinski definition) is 3. The van der Waals surface area contributed by atoms with E-state index in [1.807, 2.05) is 31.2 Å². The van der Waals surface area contributed by atoms with Gasteiger partial charge in [-0.15, -0.1) is 0 Å². The van der Waals surface area contributed by atoms with Gasteiger partial charge in [-0.3, -0.25) is 38.4 Å². The first-order valence-corrected chi connectivity index (χ1v) is 13.6. The first kappa shape index (κ1) is 41.9. The first-order chi connectivity index (χ1) is 20.9. The molecule has 0 fully saturated rings. The highest BCUT2D eigenvalue weighted by atomic mass is 16.5. The maximum absolute atomic E-state index is 11.2. The molecular formula is C32H44N4O9. The summed E-state index contributed by atoms with van der Waals surface area (Å²) in [5.41, 5.74) is 7.04. The van der Waals surface area contributed by atoms with Crippen molar-refractivity contribution in [3.8, 4) is 5.75 Å². The Morgan fingerprint density at radius 3 is 1.44 bits per heavy atom. The summed E-state index contributed by atoms with van der Waals surface area (Å²) in [4.78, 5) is 85.9. The summed E-state index contributed by atoms with van der Waals surface area (Å²) in [7, 11) is 4.83. The van der Waals surface area contributed by atoms with Gasteiger partial charge >= 0.3 is 0 Å². The molecule has 4 amide bonds. The molecule has 0 aliphatic heterocycles. The molecule has 0 aromatic heterocycles. The number of para-hydroxylation sites is 1. The topological polar surface area (TPSA) is 199 Å². The van der Waals surface area contributed by atoms with Crippen LogP contribution in [0, 0.1) is 6.92 Å². The normalized spacial score (nSPS) is 9.16. The summed E-state index contributed by atoms with van der Waals surface area (Å²) >= 11 is 0. The van der Waals surface area contributed by atoms with Crippen LogP contribution in [0.4, 0.5) is 11.4 Å². The molecule has 0 radical (unpaired) electrons. The van der Waals surface area contributed by atoms with E-state index in [2.05, 4.69) is 16.4 Å². The van der Waals surface area contributed by atoms with Crippen LogP contribution < -0.4 is 21.1 Å². The second-order valence-electron chi connectivity index (χ2n) is 9.91. The number of methoxy groups -OCH3 is 1. The fourth-order valence-electron chi connectivity index (χ4n) is 2.86. The number of carbonyl (C=O) groups is 8. The van der Waals surface area contributed by atoms with E-state index < -0.39 is 5.91 Å². The molecule has 0 heterocycles. The van der Waals surface area contributed by atoms with Crippen molar-refractivity contribution >= 4 is 58.1 Å². The Hall–Kier alpha value is -5.20. The molecule has 45 heavy (non-hydrogen) atoms. The predicted octanol–water partition coefficient (Wildman–Crippen LogP) is 3.03. The molecule has 246 valence electrons. The van der Waals surface area contributed by atoms with Gasteiger partial charge in [0.2, 0.25) is 23.6 Å². The average molecular weight is 629 g/mol. The fraction of sp³-hybridized carbons (Fsp3) is 0.375. The van der Waals surface area contributed by atoms with Crippen LogP contribution in [-0.4, -0.2) is 72.9 Å². The molecule has 0 aliphatic carbocycles. The Balaban J connectivity index is 0. The molecule has 0 aliphatic rings. The second kappa shape index (κ2) is 23.3. The zero-order valence-electron chi connectivity index (χ0n) is 27.1. The third-order valence-electron chi connectivity index (χ3n) is 4.93. The molecule has 2 aromatic rings. The van der Waals surface area contributed by atoms with Crippen molar-refractivity contribution in [3.63, 3.8) is 0 Å². The highest BCUT2D eigenvalue weighted by molar-refractivity contribution is 6.04. The fourth-order valence-corrected chi connectivity index (χ4v) is 2.86.